The van der Waals surface area contributed by atoms with Gasteiger partial charge >= 0.3 is 0 Å². The van der Waals surface area contributed by atoms with Crippen LogP contribution in [0.3, 0.4) is 0 Å². The molecule has 0 spiro atoms. The number of furan rings is 1. The Morgan fingerprint density at radius 1 is 0.520 bits per heavy atom. The first-order valence-electron chi connectivity index (χ1n) is 17.3. The second-order valence-corrected chi connectivity index (χ2v) is 14.6. The highest BCUT2D eigenvalue weighted by Gasteiger charge is 2.19. The number of thioether (sulfide) groups is 1. The van der Waals surface area contributed by atoms with Crippen LogP contribution in [0, 0.1) is 0 Å². The van der Waals surface area contributed by atoms with Crippen molar-refractivity contribution < 1.29 is 4.42 Å². The lowest BCUT2D eigenvalue weighted by molar-refractivity contribution is 0.669. The molecule has 9 rings (SSSR count). The minimum atomic E-state index is 0.944. The lowest BCUT2D eigenvalue weighted by Crippen LogP contribution is -1.93. The van der Waals surface area contributed by atoms with E-state index < -0.39 is 0 Å². The molecule has 0 saturated carbocycles. The van der Waals surface area contributed by atoms with Gasteiger partial charge < -0.3 is 4.42 Å². The SMILES string of the molecule is C/C(=C\C=C(/C)c1c2ccccc2c(/C(C)=C/C=C2\Cc3cc4cc5c(cc4cc3S2)oc2ccccc25)c2ccccc12)c1ccccc1. The standard InChI is InChI=1S/C48H36OS/c1-30(33-13-5-4-6-14-33)21-22-31(2)47-39-16-7-9-18-41(39)48(42-19-10-8-17-40(42)47)32(3)23-24-37-26-36-25-34-27-43-38-15-11-12-20-44(38)49-45(43)28-35(34)29-46(36)50-37/h4-25,27-29H,26H2,1-3H3/b30-21+,31-22+,32-23+,37-24+. The van der Waals surface area contributed by atoms with Gasteiger partial charge in [0, 0.05) is 22.1 Å². The van der Waals surface area contributed by atoms with Gasteiger partial charge in [-0.25, -0.2) is 0 Å². The van der Waals surface area contributed by atoms with Gasteiger partial charge in [0.25, 0.3) is 0 Å². The van der Waals surface area contributed by atoms with Crippen LogP contribution >= 0.6 is 11.8 Å². The molecule has 2 heterocycles. The topological polar surface area (TPSA) is 13.1 Å². The molecule has 0 amide bonds. The van der Waals surface area contributed by atoms with Crippen LogP contribution in [0.1, 0.15) is 43.0 Å². The van der Waals surface area contributed by atoms with Crippen LogP contribution in [0.5, 0.6) is 0 Å². The Hall–Kier alpha value is -5.57. The van der Waals surface area contributed by atoms with Crippen molar-refractivity contribution in [3.63, 3.8) is 0 Å². The van der Waals surface area contributed by atoms with Crippen molar-refractivity contribution in [2.24, 2.45) is 0 Å². The smallest absolute Gasteiger partial charge is 0.136 e. The fourth-order valence-electron chi connectivity index (χ4n) is 7.65. The summed E-state index contributed by atoms with van der Waals surface area (Å²) in [6, 6.07) is 45.9. The van der Waals surface area contributed by atoms with E-state index >= 15 is 0 Å². The molecule has 8 aromatic rings. The normalized spacial score (nSPS) is 14.9. The van der Waals surface area contributed by atoms with E-state index in [2.05, 4.69) is 160 Å². The van der Waals surface area contributed by atoms with Crippen LogP contribution in [-0.2, 0) is 6.42 Å². The first kappa shape index (κ1) is 30.5. The maximum atomic E-state index is 6.20. The zero-order valence-corrected chi connectivity index (χ0v) is 29.3. The molecule has 0 saturated heterocycles. The van der Waals surface area contributed by atoms with Gasteiger partial charge in [-0.1, -0.05) is 133 Å². The molecule has 240 valence electrons. The number of hydrogen-bond donors (Lipinski definition) is 0. The summed E-state index contributed by atoms with van der Waals surface area (Å²) in [7, 11) is 0. The van der Waals surface area contributed by atoms with E-state index in [0.29, 0.717) is 0 Å². The minimum absolute atomic E-state index is 0.944. The average molecular weight is 661 g/mol. The van der Waals surface area contributed by atoms with Crippen LogP contribution in [0.4, 0.5) is 0 Å². The summed E-state index contributed by atoms with van der Waals surface area (Å²) in [5, 5.41) is 10.00. The minimum Gasteiger partial charge on any atom is -0.456 e. The molecule has 0 atom stereocenters. The van der Waals surface area contributed by atoms with Crippen molar-refractivity contribution >= 4 is 82.7 Å². The monoisotopic (exact) mass is 660 g/mol. The number of hydrogen-bond acceptors (Lipinski definition) is 2. The van der Waals surface area contributed by atoms with Crippen molar-refractivity contribution in [2.75, 3.05) is 0 Å². The van der Waals surface area contributed by atoms with Gasteiger partial charge in [-0.15, -0.1) is 0 Å². The summed E-state index contributed by atoms with van der Waals surface area (Å²) in [5.41, 5.74) is 10.9. The summed E-state index contributed by atoms with van der Waals surface area (Å²) in [6.45, 7) is 6.69. The van der Waals surface area contributed by atoms with Crippen molar-refractivity contribution in [3.05, 3.63) is 179 Å². The maximum absolute atomic E-state index is 6.20. The maximum Gasteiger partial charge on any atom is 0.136 e. The summed E-state index contributed by atoms with van der Waals surface area (Å²) in [6.07, 6.45) is 10.1. The summed E-state index contributed by atoms with van der Waals surface area (Å²) < 4.78 is 6.20. The quantitative estimate of drug-likeness (QED) is 0.135. The van der Waals surface area contributed by atoms with E-state index in [1.165, 1.54) is 91.9 Å². The molecule has 0 unspecified atom stereocenters. The molecule has 0 N–H and O–H groups in total. The zero-order chi connectivity index (χ0) is 33.8. The molecule has 7 aromatic carbocycles. The predicted octanol–water partition coefficient (Wildman–Crippen LogP) is 14.2. The van der Waals surface area contributed by atoms with Gasteiger partial charge in [-0.3, -0.25) is 0 Å². The molecule has 1 nitrogen and oxygen atoms in total. The number of para-hydroxylation sites is 1. The molecule has 1 aliphatic heterocycles. The Morgan fingerprint density at radius 2 is 1.08 bits per heavy atom. The molecule has 0 fully saturated rings. The van der Waals surface area contributed by atoms with Gasteiger partial charge in [-0.2, -0.15) is 0 Å². The third-order valence-corrected chi connectivity index (χ3v) is 11.3. The highest BCUT2D eigenvalue weighted by molar-refractivity contribution is 8.03. The molecular formula is C48H36OS. The predicted molar refractivity (Wildman–Crippen MR) is 218 cm³/mol. The molecule has 0 aliphatic carbocycles. The number of allylic oxidation sites excluding steroid dienone is 8. The van der Waals surface area contributed by atoms with E-state index in [9.17, 15) is 0 Å². The molecule has 1 aliphatic rings. The van der Waals surface area contributed by atoms with Crippen LogP contribution < -0.4 is 0 Å². The molecule has 1 aromatic heterocycles. The van der Waals surface area contributed by atoms with E-state index in [1.54, 1.807) is 0 Å². The van der Waals surface area contributed by atoms with Crippen LogP contribution in [0.15, 0.2) is 166 Å². The Kier molecular flexibility index (Phi) is 7.56. The fourth-order valence-corrected chi connectivity index (χ4v) is 8.74. The second-order valence-electron chi connectivity index (χ2n) is 13.4. The van der Waals surface area contributed by atoms with E-state index in [4.69, 9.17) is 4.42 Å². The zero-order valence-electron chi connectivity index (χ0n) is 28.5. The first-order valence-corrected chi connectivity index (χ1v) is 18.1. The lowest BCUT2D eigenvalue weighted by atomic mass is 9.86. The highest BCUT2D eigenvalue weighted by Crippen LogP contribution is 2.44. The molecule has 0 bridgehead atoms. The Labute approximate surface area is 296 Å². The van der Waals surface area contributed by atoms with Crippen LogP contribution in [0.25, 0.3) is 71.0 Å². The first-order chi connectivity index (χ1) is 24.5. The molecule has 0 radical (unpaired) electrons. The fraction of sp³-hybridized carbons (Fsp3) is 0.0833. The van der Waals surface area contributed by atoms with Gasteiger partial charge in [-0.05, 0) is 127 Å². The summed E-state index contributed by atoms with van der Waals surface area (Å²) in [4.78, 5) is 2.71. The molecular weight excluding hydrogens is 625 g/mol. The van der Waals surface area contributed by atoms with E-state index in [0.717, 1.165) is 17.6 Å². The number of benzene rings is 7. The van der Waals surface area contributed by atoms with Crippen molar-refractivity contribution in [3.8, 4) is 0 Å². The Balaban J connectivity index is 1.09. The third-order valence-electron chi connectivity index (χ3n) is 10.2. The highest BCUT2D eigenvalue weighted by atomic mass is 32.2. The van der Waals surface area contributed by atoms with Crippen molar-refractivity contribution in [2.45, 2.75) is 32.1 Å². The van der Waals surface area contributed by atoms with Gasteiger partial charge in [0.2, 0.25) is 0 Å². The number of rotatable bonds is 5. The molecule has 2 heteroatoms. The molecule has 50 heavy (non-hydrogen) atoms. The van der Waals surface area contributed by atoms with Crippen molar-refractivity contribution in [1.29, 1.82) is 0 Å². The average Bonchev–Trinajstić information content (AvgIpc) is 3.73. The third kappa shape index (κ3) is 5.28. The van der Waals surface area contributed by atoms with Crippen LogP contribution in [0.2, 0.25) is 0 Å². The van der Waals surface area contributed by atoms with Crippen LogP contribution in [-0.4, -0.2) is 0 Å². The lowest BCUT2D eigenvalue weighted by Gasteiger charge is -2.18. The summed E-state index contributed by atoms with van der Waals surface area (Å²) in [5.74, 6) is 0. The van der Waals surface area contributed by atoms with Crippen molar-refractivity contribution in [1.82, 2.24) is 0 Å². The van der Waals surface area contributed by atoms with Gasteiger partial charge in [0.1, 0.15) is 11.2 Å². The Bertz CT molecular complexity index is 2710. The van der Waals surface area contributed by atoms with E-state index in [1.807, 2.05) is 23.9 Å². The largest absolute Gasteiger partial charge is 0.456 e. The van der Waals surface area contributed by atoms with Gasteiger partial charge in [0.05, 0.1) is 0 Å². The van der Waals surface area contributed by atoms with Gasteiger partial charge in [0.15, 0.2) is 0 Å². The number of fused-ring (bicyclic) bond motifs is 7. The second kappa shape index (κ2) is 12.4. The Morgan fingerprint density at radius 3 is 1.76 bits per heavy atom. The summed E-state index contributed by atoms with van der Waals surface area (Å²) >= 11 is 1.89. The van der Waals surface area contributed by atoms with E-state index in [-0.39, 0.29) is 0 Å².